The molecule has 0 radical (unpaired) electrons. The number of nitrogens with two attached hydrogens (primary N) is 1. The van der Waals surface area contributed by atoms with Gasteiger partial charge in [0.15, 0.2) is 0 Å². The van der Waals surface area contributed by atoms with Gasteiger partial charge in [0.2, 0.25) is 0 Å². The second kappa shape index (κ2) is 2.99. The zero-order valence-electron chi connectivity index (χ0n) is 4.68. The van der Waals surface area contributed by atoms with Gasteiger partial charge in [-0.1, -0.05) is 6.42 Å². The molecule has 4 heteroatoms. The first-order valence-electron chi connectivity index (χ1n) is 2.80. The molecule has 0 unspecified atom stereocenters. The van der Waals surface area contributed by atoms with Crippen molar-refractivity contribution in [3.05, 3.63) is 0 Å². The quantitative estimate of drug-likeness (QED) is 0.342. The van der Waals surface area contributed by atoms with E-state index in [2.05, 4.69) is 16.0 Å². The van der Waals surface area contributed by atoms with Crippen LogP contribution < -0.4 is 16.9 Å². The van der Waals surface area contributed by atoms with Crippen LogP contribution in [0.4, 0.5) is 0 Å². The minimum Gasteiger partial charge on any atom is -0.246 e. The third-order valence-electron chi connectivity index (χ3n) is 1.39. The van der Waals surface area contributed by atoms with Crippen molar-refractivity contribution in [3.8, 4) is 0 Å². The van der Waals surface area contributed by atoms with Crippen LogP contribution in [0.5, 0.6) is 0 Å². The topological polar surface area (TPSA) is 59.3 Å². The van der Waals surface area contributed by atoms with E-state index >= 15 is 0 Å². The summed E-state index contributed by atoms with van der Waals surface area (Å²) >= 11 is 0. The molecule has 0 spiro atoms. The molecule has 1 saturated carbocycles. The molecule has 1 rings (SSSR count). The fraction of sp³-hybridized carbons (Fsp3) is 1.00. The zero-order chi connectivity index (χ0) is 5.82. The summed E-state index contributed by atoms with van der Waals surface area (Å²) in [5.74, 6) is 4.82. The maximum Gasteiger partial charge on any atom is 0.0341 e. The van der Waals surface area contributed by atoms with E-state index in [1.165, 1.54) is 19.3 Å². The summed E-state index contributed by atoms with van der Waals surface area (Å²) < 4.78 is 0. The third kappa shape index (κ3) is 1.41. The summed E-state index contributed by atoms with van der Waals surface area (Å²) in [6.45, 7) is 0. The Balaban J connectivity index is 1.86. The lowest BCUT2D eigenvalue weighted by Gasteiger charge is -2.24. The maximum absolute atomic E-state index is 4.82. The number of hydrogen-bond acceptors (Lipinski definition) is 4. The summed E-state index contributed by atoms with van der Waals surface area (Å²) in [6.07, 6.45) is 3.69. The van der Waals surface area contributed by atoms with Gasteiger partial charge in [-0.25, -0.2) is 5.84 Å². The summed E-state index contributed by atoms with van der Waals surface area (Å²) in [4.78, 5) is 4.52. The Kier molecular flexibility index (Phi) is 2.23. The highest BCUT2D eigenvalue weighted by Gasteiger charge is 2.16. The van der Waals surface area contributed by atoms with Crippen LogP contribution in [-0.4, -0.2) is 6.04 Å². The molecule has 48 valence electrons. The molecule has 0 aromatic heterocycles. The van der Waals surface area contributed by atoms with Gasteiger partial charge in [0.05, 0.1) is 0 Å². The lowest BCUT2D eigenvalue weighted by atomic mass is 9.94. The van der Waals surface area contributed by atoms with Crippen molar-refractivity contribution < 1.29 is 4.94 Å². The van der Waals surface area contributed by atoms with Crippen LogP contribution in [0.1, 0.15) is 19.3 Å². The minimum atomic E-state index is 0.519. The number of hydrazine groups is 1. The van der Waals surface area contributed by atoms with Gasteiger partial charge in [-0.05, 0) is 12.8 Å². The second-order valence-corrected chi connectivity index (χ2v) is 1.97. The van der Waals surface area contributed by atoms with Gasteiger partial charge in [0.1, 0.15) is 0 Å². The van der Waals surface area contributed by atoms with Crippen LogP contribution in [0.25, 0.3) is 0 Å². The van der Waals surface area contributed by atoms with E-state index in [0.29, 0.717) is 6.04 Å². The third-order valence-corrected chi connectivity index (χ3v) is 1.39. The van der Waals surface area contributed by atoms with Gasteiger partial charge in [-0.3, -0.25) is 0 Å². The fourth-order valence-electron chi connectivity index (χ4n) is 0.643. The van der Waals surface area contributed by atoms with Crippen molar-refractivity contribution in [2.45, 2.75) is 25.3 Å². The monoisotopic (exact) mass is 117 g/mol. The molecule has 1 fully saturated rings. The predicted molar refractivity (Wildman–Crippen MR) is 29.2 cm³/mol. The van der Waals surface area contributed by atoms with Crippen LogP contribution in [0.3, 0.4) is 0 Å². The lowest BCUT2D eigenvalue weighted by molar-refractivity contribution is -0.0703. The molecule has 0 aromatic carbocycles. The first kappa shape index (κ1) is 5.97. The Morgan fingerprint density at radius 3 is 2.62 bits per heavy atom. The molecular weight excluding hydrogens is 106 g/mol. The average Bonchev–Trinajstić information content (AvgIpc) is 1.63. The van der Waals surface area contributed by atoms with Crippen molar-refractivity contribution in [1.82, 2.24) is 11.1 Å². The van der Waals surface area contributed by atoms with E-state index in [9.17, 15) is 0 Å². The van der Waals surface area contributed by atoms with Crippen LogP contribution in [0.2, 0.25) is 0 Å². The number of rotatable bonds is 3. The van der Waals surface area contributed by atoms with Crippen molar-refractivity contribution in [1.29, 1.82) is 0 Å². The Hall–Kier alpha value is -0.160. The highest BCUT2D eigenvalue weighted by Crippen LogP contribution is 2.17. The molecule has 0 heterocycles. The van der Waals surface area contributed by atoms with Gasteiger partial charge < -0.3 is 0 Å². The van der Waals surface area contributed by atoms with E-state index < -0.39 is 0 Å². The van der Waals surface area contributed by atoms with Crippen LogP contribution in [-0.2, 0) is 4.94 Å². The van der Waals surface area contributed by atoms with E-state index in [4.69, 9.17) is 5.84 Å². The predicted octanol–water partition coefficient (Wildman–Crippen LogP) is -0.562. The maximum atomic E-state index is 4.82. The number of hydroxylamine groups is 1. The molecule has 0 atom stereocenters. The summed E-state index contributed by atoms with van der Waals surface area (Å²) in [5, 5.41) is 0. The van der Waals surface area contributed by atoms with Crippen LogP contribution in [0.15, 0.2) is 0 Å². The molecule has 0 aliphatic heterocycles. The highest BCUT2D eigenvalue weighted by molar-refractivity contribution is 4.72. The molecule has 8 heavy (non-hydrogen) atoms. The zero-order valence-corrected chi connectivity index (χ0v) is 4.68. The minimum absolute atomic E-state index is 0.519. The van der Waals surface area contributed by atoms with E-state index in [0.717, 1.165) is 0 Å². The Labute approximate surface area is 48.3 Å². The molecular formula is C4H11N3O. The first-order valence-corrected chi connectivity index (χ1v) is 2.80. The van der Waals surface area contributed by atoms with Gasteiger partial charge in [0.25, 0.3) is 0 Å². The molecule has 4 N–H and O–H groups in total. The Morgan fingerprint density at radius 1 is 1.50 bits per heavy atom. The Bertz CT molecular complexity index is 64.3. The lowest BCUT2D eigenvalue weighted by Crippen LogP contribution is -2.41. The van der Waals surface area contributed by atoms with E-state index in [1.807, 2.05) is 0 Å². The molecule has 0 bridgehead atoms. The molecule has 0 amide bonds. The van der Waals surface area contributed by atoms with Crippen LogP contribution >= 0.6 is 0 Å². The molecule has 0 aromatic rings. The smallest absolute Gasteiger partial charge is 0.0341 e. The summed E-state index contributed by atoms with van der Waals surface area (Å²) in [7, 11) is 0. The normalized spacial score (nSPS) is 20.6. The summed E-state index contributed by atoms with van der Waals surface area (Å²) in [5.41, 5.74) is 4.79. The van der Waals surface area contributed by atoms with E-state index in [1.54, 1.807) is 0 Å². The van der Waals surface area contributed by atoms with Crippen molar-refractivity contribution in [2.75, 3.05) is 0 Å². The highest BCUT2D eigenvalue weighted by atomic mass is 16.8. The second-order valence-electron chi connectivity index (χ2n) is 1.97. The molecule has 0 saturated heterocycles. The van der Waals surface area contributed by atoms with E-state index in [-0.39, 0.29) is 0 Å². The standard InChI is InChI=1S/C4H11N3O/c5-7-8-6-4-2-1-3-4/h4,6-7H,1-3,5H2. The molecule has 4 nitrogen and oxygen atoms in total. The van der Waals surface area contributed by atoms with Crippen molar-refractivity contribution >= 4 is 0 Å². The summed E-state index contributed by atoms with van der Waals surface area (Å²) in [6, 6.07) is 0.519. The fourth-order valence-corrected chi connectivity index (χ4v) is 0.643. The SMILES string of the molecule is NNONC1CCC1. The molecule has 1 aliphatic rings. The van der Waals surface area contributed by atoms with Gasteiger partial charge in [-0.15, -0.1) is 5.59 Å². The van der Waals surface area contributed by atoms with Gasteiger partial charge in [0, 0.05) is 6.04 Å². The Morgan fingerprint density at radius 2 is 2.25 bits per heavy atom. The van der Waals surface area contributed by atoms with Crippen molar-refractivity contribution in [3.63, 3.8) is 0 Å². The first-order chi connectivity index (χ1) is 3.93. The van der Waals surface area contributed by atoms with Gasteiger partial charge in [-0.2, -0.15) is 10.4 Å². The van der Waals surface area contributed by atoms with Gasteiger partial charge >= 0.3 is 0 Å². The average molecular weight is 117 g/mol. The van der Waals surface area contributed by atoms with Crippen LogP contribution in [0, 0.1) is 0 Å². The number of hydrogen-bond donors (Lipinski definition) is 3. The number of nitrogens with one attached hydrogen (secondary N) is 2. The molecule has 1 aliphatic carbocycles. The van der Waals surface area contributed by atoms with Crippen molar-refractivity contribution in [2.24, 2.45) is 5.84 Å². The largest absolute Gasteiger partial charge is 0.246 e.